The fourth-order valence-electron chi connectivity index (χ4n) is 2.79. The van der Waals surface area contributed by atoms with Crippen LogP contribution in [0.2, 0.25) is 0 Å². The van der Waals surface area contributed by atoms with Crippen LogP contribution in [-0.2, 0) is 27.9 Å². The van der Waals surface area contributed by atoms with Crippen LogP contribution >= 0.6 is 0 Å². The molecule has 2 heterocycles. The maximum absolute atomic E-state index is 11.8. The van der Waals surface area contributed by atoms with Crippen LogP contribution in [0, 0.1) is 6.92 Å². The highest BCUT2D eigenvalue weighted by atomic mass is 16.5. The molecule has 2 aromatic rings. The van der Waals surface area contributed by atoms with Crippen molar-refractivity contribution in [3.63, 3.8) is 0 Å². The summed E-state index contributed by atoms with van der Waals surface area (Å²) in [5, 5.41) is 2.87. The molecule has 0 unspecified atom stereocenters. The maximum atomic E-state index is 11.8. The third kappa shape index (κ3) is 3.89. The van der Waals surface area contributed by atoms with Crippen molar-refractivity contribution in [3.8, 4) is 0 Å². The van der Waals surface area contributed by atoms with Crippen LogP contribution in [0.25, 0.3) is 11.0 Å². The summed E-state index contributed by atoms with van der Waals surface area (Å²) < 4.78 is 12.9. The average Bonchev–Trinajstić information content (AvgIpc) is 3.14. The number of carbonyl (C=O) groups is 1. The Morgan fingerprint density at radius 1 is 1.52 bits per heavy atom. The number of benzene rings is 1. The summed E-state index contributed by atoms with van der Waals surface area (Å²) in [5.41, 5.74) is 3.08. The molecule has 1 aliphatic rings. The van der Waals surface area contributed by atoms with E-state index in [-0.39, 0.29) is 18.6 Å². The number of rotatable bonds is 6. The lowest BCUT2D eigenvalue weighted by Crippen LogP contribution is -2.28. The molecule has 1 fully saturated rings. The third-order valence-electron chi connectivity index (χ3n) is 4.22. The van der Waals surface area contributed by atoms with E-state index in [0.29, 0.717) is 13.2 Å². The summed E-state index contributed by atoms with van der Waals surface area (Å²) in [6.45, 7) is 3.83. The number of nitrogens with zero attached hydrogens (tertiary/aromatic N) is 2. The molecule has 1 aromatic heterocycles. The molecule has 1 saturated heterocycles. The van der Waals surface area contributed by atoms with Crippen LogP contribution in [0.3, 0.4) is 0 Å². The van der Waals surface area contributed by atoms with E-state index in [4.69, 9.17) is 9.47 Å². The standard InChI is InChI=1S/C17H23N3O3/c1-12-19-15-8-13(5-6-16(15)20(12)2)9-18-17(21)11-22-10-14-4-3-7-23-14/h5-6,8,14H,3-4,7,9-11H2,1-2H3,(H,18,21)/t14-/m1/s1. The molecule has 0 aliphatic carbocycles. The maximum Gasteiger partial charge on any atom is 0.246 e. The minimum atomic E-state index is -0.111. The van der Waals surface area contributed by atoms with E-state index in [9.17, 15) is 4.79 Å². The van der Waals surface area contributed by atoms with Crippen molar-refractivity contribution < 1.29 is 14.3 Å². The van der Waals surface area contributed by atoms with Crippen LogP contribution in [0.1, 0.15) is 24.2 Å². The van der Waals surface area contributed by atoms with Gasteiger partial charge in [0.1, 0.15) is 12.4 Å². The first-order chi connectivity index (χ1) is 11.1. The van der Waals surface area contributed by atoms with Gasteiger partial charge in [0.15, 0.2) is 0 Å². The zero-order valence-electron chi connectivity index (χ0n) is 13.7. The first-order valence-corrected chi connectivity index (χ1v) is 8.01. The fraction of sp³-hybridized carbons (Fsp3) is 0.529. The lowest BCUT2D eigenvalue weighted by atomic mass is 10.2. The number of hydrogen-bond donors (Lipinski definition) is 1. The predicted octanol–water partition coefficient (Wildman–Crippen LogP) is 1.69. The number of aryl methyl sites for hydroxylation is 2. The van der Waals surface area contributed by atoms with E-state index in [1.54, 1.807) is 0 Å². The Balaban J connectivity index is 1.46. The lowest BCUT2D eigenvalue weighted by molar-refractivity contribution is -0.127. The second-order valence-corrected chi connectivity index (χ2v) is 5.97. The van der Waals surface area contributed by atoms with Gasteiger partial charge in [0, 0.05) is 20.2 Å². The van der Waals surface area contributed by atoms with Gasteiger partial charge in [0.05, 0.1) is 23.7 Å². The Bertz CT molecular complexity index is 690. The van der Waals surface area contributed by atoms with Gasteiger partial charge >= 0.3 is 0 Å². The van der Waals surface area contributed by atoms with Crippen LogP contribution in [0.15, 0.2) is 18.2 Å². The molecule has 0 saturated carbocycles. The van der Waals surface area contributed by atoms with Gasteiger partial charge < -0.3 is 19.4 Å². The van der Waals surface area contributed by atoms with Crippen molar-refractivity contribution in [1.29, 1.82) is 0 Å². The third-order valence-corrected chi connectivity index (χ3v) is 4.22. The van der Waals surface area contributed by atoms with Crippen LogP contribution < -0.4 is 5.32 Å². The number of carbonyl (C=O) groups excluding carboxylic acids is 1. The molecule has 3 rings (SSSR count). The number of amides is 1. The topological polar surface area (TPSA) is 65.4 Å². The number of nitrogens with one attached hydrogen (secondary N) is 1. The molecule has 23 heavy (non-hydrogen) atoms. The van der Waals surface area contributed by atoms with Gasteiger partial charge in [-0.1, -0.05) is 6.07 Å². The normalized spacial score (nSPS) is 17.7. The van der Waals surface area contributed by atoms with E-state index in [0.717, 1.165) is 41.9 Å². The molecule has 0 radical (unpaired) electrons. The van der Waals surface area contributed by atoms with E-state index >= 15 is 0 Å². The highest BCUT2D eigenvalue weighted by molar-refractivity contribution is 5.78. The van der Waals surface area contributed by atoms with Crippen molar-refractivity contribution in [1.82, 2.24) is 14.9 Å². The molecular weight excluding hydrogens is 294 g/mol. The van der Waals surface area contributed by atoms with E-state index in [1.165, 1.54) is 0 Å². The van der Waals surface area contributed by atoms with Crippen molar-refractivity contribution in [2.24, 2.45) is 7.05 Å². The van der Waals surface area contributed by atoms with Gasteiger partial charge in [-0.25, -0.2) is 4.98 Å². The molecule has 0 bridgehead atoms. The van der Waals surface area contributed by atoms with E-state index < -0.39 is 0 Å². The zero-order chi connectivity index (χ0) is 16.2. The average molecular weight is 317 g/mol. The fourth-order valence-corrected chi connectivity index (χ4v) is 2.79. The Morgan fingerprint density at radius 2 is 2.39 bits per heavy atom. The molecule has 6 heteroatoms. The first-order valence-electron chi connectivity index (χ1n) is 8.01. The zero-order valence-corrected chi connectivity index (χ0v) is 13.7. The van der Waals surface area contributed by atoms with Gasteiger partial charge in [0.2, 0.25) is 5.91 Å². The molecule has 1 atom stereocenters. The number of hydrogen-bond acceptors (Lipinski definition) is 4. The predicted molar refractivity (Wildman–Crippen MR) is 87.1 cm³/mol. The van der Waals surface area contributed by atoms with Crippen LogP contribution in [0.5, 0.6) is 0 Å². The van der Waals surface area contributed by atoms with Gasteiger partial charge in [0.25, 0.3) is 0 Å². The van der Waals surface area contributed by atoms with Crippen molar-refractivity contribution in [2.75, 3.05) is 19.8 Å². The number of ether oxygens (including phenoxy) is 2. The van der Waals surface area contributed by atoms with Crippen molar-refractivity contribution in [2.45, 2.75) is 32.4 Å². The molecule has 1 N–H and O–H groups in total. The molecule has 1 amide bonds. The van der Waals surface area contributed by atoms with Gasteiger partial charge in [-0.2, -0.15) is 0 Å². The Hall–Kier alpha value is -1.92. The molecule has 1 aromatic carbocycles. The SMILES string of the molecule is Cc1nc2cc(CNC(=O)COC[C@H]3CCCO3)ccc2n1C. The largest absolute Gasteiger partial charge is 0.376 e. The Morgan fingerprint density at radius 3 is 3.17 bits per heavy atom. The number of fused-ring (bicyclic) bond motifs is 1. The molecule has 1 aliphatic heterocycles. The summed E-state index contributed by atoms with van der Waals surface area (Å²) in [7, 11) is 2.00. The van der Waals surface area contributed by atoms with Gasteiger partial charge in [-0.3, -0.25) is 4.79 Å². The van der Waals surface area contributed by atoms with Crippen molar-refractivity contribution in [3.05, 3.63) is 29.6 Å². The number of aromatic nitrogens is 2. The second kappa shape index (κ2) is 7.10. The summed E-state index contributed by atoms with van der Waals surface area (Å²) in [5.74, 6) is 0.865. The number of imidazole rings is 1. The molecule has 124 valence electrons. The Labute approximate surface area is 135 Å². The van der Waals surface area contributed by atoms with Gasteiger partial charge in [-0.05, 0) is 37.5 Å². The quantitative estimate of drug-likeness (QED) is 0.880. The highest BCUT2D eigenvalue weighted by Crippen LogP contribution is 2.16. The second-order valence-electron chi connectivity index (χ2n) is 5.97. The summed E-state index contributed by atoms with van der Waals surface area (Å²) in [4.78, 5) is 16.3. The van der Waals surface area contributed by atoms with Crippen molar-refractivity contribution >= 4 is 16.9 Å². The summed E-state index contributed by atoms with van der Waals surface area (Å²) in [6.07, 6.45) is 2.25. The molecular formula is C17H23N3O3. The van der Waals surface area contributed by atoms with Gasteiger partial charge in [-0.15, -0.1) is 0 Å². The molecule has 0 spiro atoms. The highest BCUT2D eigenvalue weighted by Gasteiger charge is 2.15. The molecule has 6 nitrogen and oxygen atoms in total. The Kier molecular flexibility index (Phi) is 4.93. The lowest BCUT2D eigenvalue weighted by Gasteiger charge is -2.10. The van der Waals surface area contributed by atoms with Crippen LogP contribution in [0.4, 0.5) is 0 Å². The first kappa shape index (κ1) is 16.0. The summed E-state index contributed by atoms with van der Waals surface area (Å²) >= 11 is 0. The van der Waals surface area contributed by atoms with Crippen LogP contribution in [-0.4, -0.2) is 41.4 Å². The monoisotopic (exact) mass is 317 g/mol. The minimum Gasteiger partial charge on any atom is -0.376 e. The van der Waals surface area contributed by atoms with E-state index in [1.807, 2.05) is 32.2 Å². The van der Waals surface area contributed by atoms with E-state index in [2.05, 4.69) is 14.9 Å². The smallest absolute Gasteiger partial charge is 0.246 e. The summed E-state index contributed by atoms with van der Waals surface area (Å²) in [6, 6.07) is 6.05. The minimum absolute atomic E-state index is 0.0742.